The first-order valence-corrected chi connectivity index (χ1v) is 10.3. The Morgan fingerprint density at radius 2 is 1.97 bits per heavy atom. The quantitative estimate of drug-likeness (QED) is 0.300. The number of hydrogen-bond acceptors (Lipinski definition) is 3. The SMILES string of the molecule is N#Cc1ccc(C(=O)N/N=C\c2cn(Cc3ccc(Cl)cc3Cl)c3ccccc23)c(F)c1. The van der Waals surface area contributed by atoms with E-state index in [9.17, 15) is 9.18 Å². The molecular formula is C24H15Cl2FN4O. The van der Waals surface area contributed by atoms with E-state index in [1.165, 1.54) is 18.3 Å². The summed E-state index contributed by atoms with van der Waals surface area (Å²) in [5.41, 5.74) is 4.91. The van der Waals surface area contributed by atoms with Crippen LogP contribution in [0.2, 0.25) is 10.0 Å². The lowest BCUT2D eigenvalue weighted by Crippen LogP contribution is -2.19. The highest BCUT2D eigenvalue weighted by Crippen LogP contribution is 2.25. The molecule has 8 heteroatoms. The van der Waals surface area contributed by atoms with Crippen LogP contribution in [0, 0.1) is 17.1 Å². The molecule has 158 valence electrons. The molecule has 0 radical (unpaired) electrons. The molecule has 0 aliphatic carbocycles. The van der Waals surface area contributed by atoms with Gasteiger partial charge in [0.05, 0.1) is 23.4 Å². The normalized spacial score (nSPS) is 11.1. The molecule has 0 atom stereocenters. The van der Waals surface area contributed by atoms with Crippen LogP contribution in [-0.2, 0) is 6.54 Å². The molecule has 1 amide bonds. The van der Waals surface area contributed by atoms with Crippen LogP contribution in [0.3, 0.4) is 0 Å². The topological polar surface area (TPSA) is 70.2 Å². The first-order chi connectivity index (χ1) is 15.5. The van der Waals surface area contributed by atoms with Crippen LogP contribution in [0.4, 0.5) is 4.39 Å². The predicted octanol–water partition coefficient (Wildman–Crippen LogP) is 5.77. The highest BCUT2D eigenvalue weighted by Gasteiger charge is 2.12. The van der Waals surface area contributed by atoms with Crippen molar-refractivity contribution in [3.8, 4) is 6.07 Å². The summed E-state index contributed by atoms with van der Waals surface area (Å²) < 4.78 is 16.0. The van der Waals surface area contributed by atoms with E-state index in [1.54, 1.807) is 12.1 Å². The number of carbonyl (C=O) groups is 1. The van der Waals surface area contributed by atoms with E-state index >= 15 is 0 Å². The van der Waals surface area contributed by atoms with E-state index in [0.717, 1.165) is 28.1 Å². The van der Waals surface area contributed by atoms with Crippen molar-refractivity contribution in [2.75, 3.05) is 0 Å². The van der Waals surface area contributed by atoms with Crippen molar-refractivity contribution in [1.82, 2.24) is 9.99 Å². The number of aromatic nitrogens is 1. The Labute approximate surface area is 193 Å². The molecule has 0 spiro atoms. The summed E-state index contributed by atoms with van der Waals surface area (Å²) in [5, 5.41) is 14.9. The van der Waals surface area contributed by atoms with E-state index < -0.39 is 11.7 Å². The van der Waals surface area contributed by atoms with Crippen LogP contribution in [0.15, 0.2) is 72.0 Å². The Morgan fingerprint density at radius 1 is 1.16 bits per heavy atom. The van der Waals surface area contributed by atoms with Gasteiger partial charge >= 0.3 is 0 Å². The summed E-state index contributed by atoms with van der Waals surface area (Å²) in [7, 11) is 0. The number of para-hydroxylation sites is 1. The third-order valence-corrected chi connectivity index (χ3v) is 5.47. The molecule has 0 fully saturated rings. The van der Waals surface area contributed by atoms with Gasteiger partial charge in [-0.15, -0.1) is 0 Å². The lowest BCUT2D eigenvalue weighted by atomic mass is 10.1. The number of fused-ring (bicyclic) bond motifs is 1. The van der Waals surface area contributed by atoms with Gasteiger partial charge in [-0.2, -0.15) is 10.4 Å². The first kappa shape index (κ1) is 21.6. The second-order valence-corrected chi connectivity index (χ2v) is 7.81. The summed E-state index contributed by atoms with van der Waals surface area (Å²) in [5.74, 6) is -1.49. The van der Waals surface area contributed by atoms with Crippen molar-refractivity contribution in [2.45, 2.75) is 6.54 Å². The number of rotatable bonds is 5. The van der Waals surface area contributed by atoms with Crippen LogP contribution in [0.25, 0.3) is 10.9 Å². The lowest BCUT2D eigenvalue weighted by molar-refractivity contribution is 0.0951. The molecule has 4 aromatic rings. The number of halogens is 3. The van der Waals surface area contributed by atoms with E-state index in [-0.39, 0.29) is 11.1 Å². The third-order valence-electron chi connectivity index (χ3n) is 4.89. The Balaban J connectivity index is 1.58. The fourth-order valence-electron chi connectivity index (χ4n) is 3.33. The van der Waals surface area contributed by atoms with Gasteiger partial charge in [-0.1, -0.05) is 47.5 Å². The van der Waals surface area contributed by atoms with Gasteiger partial charge in [0.15, 0.2) is 0 Å². The second-order valence-electron chi connectivity index (χ2n) is 6.97. The monoisotopic (exact) mass is 464 g/mol. The van der Waals surface area contributed by atoms with Gasteiger partial charge < -0.3 is 4.57 Å². The molecule has 0 saturated carbocycles. The number of benzene rings is 3. The van der Waals surface area contributed by atoms with E-state index in [4.69, 9.17) is 28.5 Å². The highest BCUT2D eigenvalue weighted by molar-refractivity contribution is 6.35. The number of nitrogens with one attached hydrogen (secondary N) is 1. The number of nitriles is 1. The second kappa shape index (κ2) is 9.23. The summed E-state index contributed by atoms with van der Waals surface area (Å²) in [6.45, 7) is 0.521. The molecule has 0 aliphatic heterocycles. The zero-order valence-corrected chi connectivity index (χ0v) is 18.0. The van der Waals surface area contributed by atoms with Crippen LogP contribution in [-0.4, -0.2) is 16.7 Å². The maximum absolute atomic E-state index is 14.0. The van der Waals surface area contributed by atoms with Crippen molar-refractivity contribution in [3.05, 3.63) is 105 Å². The summed E-state index contributed by atoms with van der Waals surface area (Å²) in [4.78, 5) is 12.3. The van der Waals surface area contributed by atoms with Crippen molar-refractivity contribution in [3.63, 3.8) is 0 Å². The highest BCUT2D eigenvalue weighted by atomic mass is 35.5. The molecule has 0 bridgehead atoms. The summed E-state index contributed by atoms with van der Waals surface area (Å²) >= 11 is 12.3. The van der Waals surface area contributed by atoms with Crippen LogP contribution in [0.1, 0.15) is 27.0 Å². The van der Waals surface area contributed by atoms with Gasteiger partial charge in [-0.05, 0) is 42.0 Å². The Hall–Kier alpha value is -3.66. The van der Waals surface area contributed by atoms with Crippen molar-refractivity contribution >= 4 is 46.2 Å². The van der Waals surface area contributed by atoms with Crippen molar-refractivity contribution in [2.24, 2.45) is 5.10 Å². The largest absolute Gasteiger partial charge is 0.342 e. The van der Waals surface area contributed by atoms with E-state index in [2.05, 4.69) is 10.5 Å². The molecule has 1 N–H and O–H groups in total. The number of amides is 1. The average molecular weight is 465 g/mol. The van der Waals surface area contributed by atoms with Crippen molar-refractivity contribution in [1.29, 1.82) is 5.26 Å². The van der Waals surface area contributed by atoms with Gasteiger partial charge in [0.1, 0.15) is 5.82 Å². The van der Waals surface area contributed by atoms with Gasteiger partial charge in [0.25, 0.3) is 5.91 Å². The zero-order valence-electron chi connectivity index (χ0n) is 16.5. The fraction of sp³-hybridized carbons (Fsp3) is 0.0417. The Bertz CT molecular complexity index is 1410. The number of nitrogens with zero attached hydrogens (tertiary/aromatic N) is 3. The minimum absolute atomic E-state index is 0.135. The van der Waals surface area contributed by atoms with E-state index in [0.29, 0.717) is 16.6 Å². The zero-order chi connectivity index (χ0) is 22.7. The number of hydrogen-bond donors (Lipinski definition) is 1. The van der Waals surface area contributed by atoms with E-state index in [1.807, 2.05) is 47.2 Å². The molecule has 3 aromatic carbocycles. The predicted molar refractivity (Wildman–Crippen MR) is 124 cm³/mol. The van der Waals surface area contributed by atoms with Gasteiger partial charge in [-0.25, -0.2) is 9.82 Å². The summed E-state index contributed by atoms with van der Waals surface area (Å²) in [6, 6.07) is 18.6. The van der Waals surface area contributed by atoms with Crippen LogP contribution < -0.4 is 5.43 Å². The molecule has 5 nitrogen and oxygen atoms in total. The lowest BCUT2D eigenvalue weighted by Gasteiger charge is -2.08. The standard InChI is InChI=1S/C24H15Cl2FN4O/c25-18-7-6-16(21(26)10-18)13-31-14-17(19-3-1-2-4-23(19)31)12-29-30-24(32)20-8-5-15(11-28)9-22(20)27/h1-10,12,14H,13H2,(H,30,32)/b29-12-. The number of carbonyl (C=O) groups excluding carboxylic acids is 1. The smallest absolute Gasteiger partial charge is 0.274 e. The molecule has 0 aliphatic rings. The molecule has 1 aromatic heterocycles. The number of hydrazone groups is 1. The maximum Gasteiger partial charge on any atom is 0.274 e. The Kier molecular flexibility index (Phi) is 6.22. The third kappa shape index (κ3) is 4.50. The first-order valence-electron chi connectivity index (χ1n) is 9.51. The van der Waals surface area contributed by atoms with Gasteiger partial charge in [0.2, 0.25) is 0 Å². The molecular weight excluding hydrogens is 450 g/mol. The molecule has 0 saturated heterocycles. The minimum Gasteiger partial charge on any atom is -0.342 e. The van der Waals surface area contributed by atoms with Gasteiger partial charge in [-0.3, -0.25) is 4.79 Å². The van der Waals surface area contributed by atoms with Crippen LogP contribution in [0.5, 0.6) is 0 Å². The summed E-state index contributed by atoms with van der Waals surface area (Å²) in [6.07, 6.45) is 3.40. The Morgan fingerprint density at radius 3 is 2.72 bits per heavy atom. The van der Waals surface area contributed by atoms with Crippen LogP contribution >= 0.6 is 23.2 Å². The van der Waals surface area contributed by atoms with Gasteiger partial charge in [0, 0.05) is 39.3 Å². The minimum atomic E-state index is -0.784. The molecule has 1 heterocycles. The fourth-order valence-corrected chi connectivity index (χ4v) is 3.80. The molecule has 0 unspecified atom stereocenters. The molecule has 4 rings (SSSR count). The van der Waals surface area contributed by atoms with Crippen molar-refractivity contribution < 1.29 is 9.18 Å². The molecule has 32 heavy (non-hydrogen) atoms. The maximum atomic E-state index is 14.0. The average Bonchev–Trinajstić information content (AvgIpc) is 3.13.